The van der Waals surface area contributed by atoms with Gasteiger partial charge in [0, 0.05) is 23.5 Å². The molecule has 1 N–H and O–H groups in total. The fourth-order valence-electron chi connectivity index (χ4n) is 2.15. The maximum atomic E-state index is 12.3. The van der Waals surface area contributed by atoms with Gasteiger partial charge in [-0.25, -0.2) is 4.98 Å². The number of carbonyl (C=O) groups excluding carboxylic acids is 1. The third kappa shape index (κ3) is 3.26. The molecule has 1 aromatic carbocycles. The summed E-state index contributed by atoms with van der Waals surface area (Å²) in [4.78, 5) is 17.1. The highest BCUT2D eigenvalue weighted by Gasteiger charge is 2.10. The molecular weight excluding hydrogens is 296 g/mol. The summed E-state index contributed by atoms with van der Waals surface area (Å²) in [6.45, 7) is 2.94. The van der Waals surface area contributed by atoms with Crippen molar-refractivity contribution >= 4 is 27.3 Å². The summed E-state index contributed by atoms with van der Waals surface area (Å²) in [7, 11) is 0. The van der Waals surface area contributed by atoms with Crippen molar-refractivity contribution < 1.29 is 9.53 Å². The van der Waals surface area contributed by atoms with Gasteiger partial charge in [-0.2, -0.15) is 0 Å². The van der Waals surface area contributed by atoms with Crippen LogP contribution in [0.25, 0.3) is 10.1 Å². The summed E-state index contributed by atoms with van der Waals surface area (Å²) in [6.07, 6.45) is 1.69. The van der Waals surface area contributed by atoms with Gasteiger partial charge in [-0.3, -0.25) is 4.79 Å². The molecule has 0 atom stereocenters. The number of ether oxygens (including phenoxy) is 1. The van der Waals surface area contributed by atoms with E-state index < -0.39 is 0 Å². The number of amides is 1. The number of pyridine rings is 1. The number of fused-ring (bicyclic) bond motifs is 1. The number of nitrogens with zero attached hydrogens (tertiary/aromatic N) is 1. The zero-order chi connectivity index (χ0) is 15.4. The molecule has 3 rings (SSSR count). The molecule has 4 nitrogen and oxygen atoms in total. The number of benzene rings is 1. The van der Waals surface area contributed by atoms with Crippen LogP contribution in [0, 0.1) is 0 Å². The van der Waals surface area contributed by atoms with Crippen LogP contribution in [0.2, 0.25) is 0 Å². The lowest BCUT2D eigenvalue weighted by Gasteiger charge is -2.06. The van der Waals surface area contributed by atoms with E-state index in [0.29, 0.717) is 19.0 Å². The Morgan fingerprint density at radius 1 is 1.27 bits per heavy atom. The fourth-order valence-corrected chi connectivity index (χ4v) is 3.13. The summed E-state index contributed by atoms with van der Waals surface area (Å²) in [5, 5.41) is 4.03. The number of rotatable bonds is 5. The molecule has 1 amide bonds. The van der Waals surface area contributed by atoms with Crippen LogP contribution in [0.3, 0.4) is 0 Å². The van der Waals surface area contributed by atoms with Gasteiger partial charge in [-0.15, -0.1) is 11.3 Å². The van der Waals surface area contributed by atoms with Gasteiger partial charge in [0.2, 0.25) is 5.88 Å². The van der Waals surface area contributed by atoms with Crippen molar-refractivity contribution in [3.8, 4) is 5.88 Å². The van der Waals surface area contributed by atoms with Crippen LogP contribution in [-0.2, 0) is 6.54 Å². The van der Waals surface area contributed by atoms with Crippen LogP contribution in [0.4, 0.5) is 0 Å². The highest BCUT2D eigenvalue weighted by atomic mass is 32.1. The van der Waals surface area contributed by atoms with Crippen molar-refractivity contribution in [3.63, 3.8) is 0 Å². The van der Waals surface area contributed by atoms with Gasteiger partial charge in [-0.05, 0) is 36.1 Å². The summed E-state index contributed by atoms with van der Waals surface area (Å²) >= 11 is 1.50. The Morgan fingerprint density at radius 3 is 2.95 bits per heavy atom. The predicted octanol–water partition coefficient (Wildman–Crippen LogP) is 3.63. The second kappa shape index (κ2) is 6.58. The largest absolute Gasteiger partial charge is 0.478 e. The first-order valence-electron chi connectivity index (χ1n) is 7.11. The van der Waals surface area contributed by atoms with E-state index in [4.69, 9.17) is 4.74 Å². The predicted molar refractivity (Wildman–Crippen MR) is 88.4 cm³/mol. The molecule has 2 heterocycles. The lowest BCUT2D eigenvalue weighted by molar-refractivity contribution is 0.0955. The molecule has 0 aliphatic carbocycles. The van der Waals surface area contributed by atoms with Gasteiger partial charge in [0.15, 0.2) is 0 Å². The summed E-state index contributed by atoms with van der Waals surface area (Å²) in [5.74, 6) is 0.520. The fraction of sp³-hybridized carbons (Fsp3) is 0.176. The second-order valence-electron chi connectivity index (χ2n) is 4.77. The van der Waals surface area contributed by atoms with Crippen LogP contribution in [0.15, 0.2) is 48.7 Å². The highest BCUT2D eigenvalue weighted by Crippen LogP contribution is 2.25. The van der Waals surface area contributed by atoms with Gasteiger partial charge < -0.3 is 10.1 Å². The average Bonchev–Trinajstić information content (AvgIpc) is 2.97. The maximum absolute atomic E-state index is 12.3. The summed E-state index contributed by atoms with van der Waals surface area (Å²) in [5.41, 5.74) is 0.966. The van der Waals surface area contributed by atoms with Gasteiger partial charge >= 0.3 is 0 Å². The second-order valence-corrected chi connectivity index (χ2v) is 5.85. The molecule has 22 heavy (non-hydrogen) atoms. The van der Waals surface area contributed by atoms with E-state index in [0.717, 1.165) is 20.5 Å². The lowest BCUT2D eigenvalue weighted by Crippen LogP contribution is -2.21. The van der Waals surface area contributed by atoms with Crippen LogP contribution in [0.5, 0.6) is 5.88 Å². The number of carbonyl (C=O) groups is 1. The van der Waals surface area contributed by atoms with Crippen LogP contribution < -0.4 is 10.1 Å². The minimum atomic E-state index is -0.0593. The highest BCUT2D eigenvalue weighted by molar-refractivity contribution is 7.20. The SMILES string of the molecule is CCOc1cc(CNC(=O)c2cc3ccccc3s2)ccn1. The van der Waals surface area contributed by atoms with Crippen LogP contribution in [-0.4, -0.2) is 17.5 Å². The van der Waals surface area contributed by atoms with E-state index in [1.807, 2.05) is 49.4 Å². The zero-order valence-electron chi connectivity index (χ0n) is 12.2. The Kier molecular flexibility index (Phi) is 4.34. The van der Waals surface area contributed by atoms with Crippen molar-refractivity contribution in [2.24, 2.45) is 0 Å². The molecule has 0 aliphatic rings. The van der Waals surface area contributed by atoms with Gasteiger partial charge in [0.05, 0.1) is 11.5 Å². The molecule has 0 spiro atoms. The van der Waals surface area contributed by atoms with Gasteiger partial charge in [0.1, 0.15) is 0 Å². The van der Waals surface area contributed by atoms with Crippen LogP contribution in [0.1, 0.15) is 22.2 Å². The first-order chi connectivity index (χ1) is 10.8. The summed E-state index contributed by atoms with van der Waals surface area (Å²) < 4.78 is 6.48. The first-order valence-corrected chi connectivity index (χ1v) is 7.92. The molecule has 0 fully saturated rings. The van der Waals surface area contributed by atoms with Gasteiger partial charge in [0.25, 0.3) is 5.91 Å². The number of thiophene rings is 1. The smallest absolute Gasteiger partial charge is 0.261 e. The van der Waals surface area contributed by atoms with Gasteiger partial charge in [-0.1, -0.05) is 18.2 Å². The van der Waals surface area contributed by atoms with E-state index >= 15 is 0 Å². The van der Waals surface area contributed by atoms with E-state index in [1.54, 1.807) is 6.20 Å². The van der Waals surface area contributed by atoms with Crippen molar-refractivity contribution in [1.82, 2.24) is 10.3 Å². The Hall–Kier alpha value is -2.40. The molecule has 112 valence electrons. The number of nitrogens with one attached hydrogen (secondary N) is 1. The first kappa shape index (κ1) is 14.5. The van der Waals surface area contributed by atoms with Crippen molar-refractivity contribution in [2.75, 3.05) is 6.61 Å². The van der Waals surface area contributed by atoms with E-state index in [2.05, 4.69) is 10.3 Å². The third-order valence-corrected chi connectivity index (χ3v) is 4.31. The Morgan fingerprint density at radius 2 is 2.14 bits per heavy atom. The summed E-state index contributed by atoms with van der Waals surface area (Å²) in [6, 6.07) is 13.6. The standard InChI is InChI=1S/C17H16N2O2S/c1-2-21-16-9-12(7-8-18-16)11-19-17(20)15-10-13-5-3-4-6-14(13)22-15/h3-10H,2,11H2,1H3,(H,19,20). The van der Waals surface area contributed by atoms with E-state index in [-0.39, 0.29) is 5.91 Å². The minimum Gasteiger partial charge on any atom is -0.478 e. The molecule has 0 saturated heterocycles. The lowest BCUT2D eigenvalue weighted by atomic mass is 10.2. The molecule has 0 aliphatic heterocycles. The average molecular weight is 312 g/mol. The molecule has 0 radical (unpaired) electrons. The molecule has 2 aromatic heterocycles. The normalized spacial score (nSPS) is 10.6. The van der Waals surface area contributed by atoms with Crippen molar-refractivity contribution in [1.29, 1.82) is 0 Å². The quantitative estimate of drug-likeness (QED) is 0.783. The topological polar surface area (TPSA) is 51.2 Å². The molecule has 5 heteroatoms. The molecule has 3 aromatic rings. The molecule has 0 saturated carbocycles. The third-order valence-electron chi connectivity index (χ3n) is 3.19. The number of hydrogen-bond donors (Lipinski definition) is 1. The maximum Gasteiger partial charge on any atom is 0.261 e. The van der Waals surface area contributed by atoms with E-state index in [9.17, 15) is 4.79 Å². The molecule has 0 bridgehead atoms. The monoisotopic (exact) mass is 312 g/mol. The van der Waals surface area contributed by atoms with Crippen molar-refractivity contribution in [2.45, 2.75) is 13.5 Å². The Balaban J connectivity index is 1.68. The zero-order valence-corrected chi connectivity index (χ0v) is 13.0. The van der Waals surface area contributed by atoms with Crippen molar-refractivity contribution in [3.05, 3.63) is 59.1 Å². The number of aromatic nitrogens is 1. The Labute approximate surface area is 132 Å². The minimum absolute atomic E-state index is 0.0593. The van der Waals surface area contributed by atoms with Crippen LogP contribution >= 0.6 is 11.3 Å². The molecule has 0 unspecified atom stereocenters. The van der Waals surface area contributed by atoms with E-state index in [1.165, 1.54) is 11.3 Å². The Bertz CT molecular complexity index is 765. The number of hydrogen-bond acceptors (Lipinski definition) is 4. The molecular formula is C17H16N2O2S.